The van der Waals surface area contributed by atoms with Crippen LogP contribution in [-0.2, 0) is 19.3 Å². The van der Waals surface area contributed by atoms with Gasteiger partial charge in [0.2, 0.25) is 0 Å². The number of benzene rings is 1. The molecule has 1 aromatic rings. The van der Waals surface area contributed by atoms with Gasteiger partial charge < -0.3 is 9.47 Å². The van der Waals surface area contributed by atoms with Gasteiger partial charge in [0.1, 0.15) is 0 Å². The molecule has 4 nitrogen and oxygen atoms in total. The van der Waals surface area contributed by atoms with Gasteiger partial charge in [0.15, 0.2) is 16.1 Å². The van der Waals surface area contributed by atoms with Crippen LogP contribution in [0.3, 0.4) is 0 Å². The van der Waals surface area contributed by atoms with E-state index in [4.69, 9.17) is 21.1 Å². The van der Waals surface area contributed by atoms with Crippen molar-refractivity contribution in [2.45, 2.75) is 18.1 Å². The minimum atomic E-state index is -3.37. The normalized spacial score (nSPS) is 13.0. The lowest BCUT2D eigenvalue weighted by atomic mass is 10.3. The molecule has 0 spiro atoms. The topological polar surface area (TPSA) is 52.6 Å². The number of hydrogen-bond donors (Lipinski definition) is 0. The molecule has 0 saturated heterocycles. The first kappa shape index (κ1) is 16.2. The van der Waals surface area contributed by atoms with Gasteiger partial charge in [0.05, 0.1) is 10.6 Å². The van der Waals surface area contributed by atoms with Crippen LogP contribution in [0.4, 0.5) is 0 Å². The van der Waals surface area contributed by atoms with Gasteiger partial charge in [-0.1, -0.05) is 17.7 Å². The van der Waals surface area contributed by atoms with Crippen LogP contribution in [0.2, 0.25) is 5.02 Å². The van der Waals surface area contributed by atoms with Crippen molar-refractivity contribution < 1.29 is 17.9 Å². The molecule has 0 aromatic heterocycles. The molecule has 106 valence electrons. The molecule has 0 unspecified atom stereocenters. The zero-order valence-corrected chi connectivity index (χ0v) is 12.7. The number of hydrogen-bond acceptors (Lipinski definition) is 4. The van der Waals surface area contributed by atoms with E-state index in [-0.39, 0.29) is 10.6 Å². The van der Waals surface area contributed by atoms with E-state index in [1.54, 1.807) is 25.1 Å². The molecule has 0 N–H and O–H groups in total. The molecule has 0 atom stereocenters. The molecule has 1 aromatic carbocycles. The number of halogens is 1. The third-order valence-corrected chi connectivity index (χ3v) is 4.45. The SMILES string of the molecule is COC(OC)C(C)=CCS(=O)(=O)c1ccc(Cl)cc1. The zero-order valence-electron chi connectivity index (χ0n) is 11.1. The summed E-state index contributed by atoms with van der Waals surface area (Å²) in [4.78, 5) is 0.243. The van der Waals surface area contributed by atoms with Crippen molar-refractivity contribution in [1.29, 1.82) is 0 Å². The molecule has 0 aliphatic rings. The molecule has 0 saturated carbocycles. The molecule has 6 heteroatoms. The summed E-state index contributed by atoms with van der Waals surface area (Å²) in [5, 5.41) is 0.504. The lowest BCUT2D eigenvalue weighted by Crippen LogP contribution is -2.15. The Bertz CT molecular complexity index is 530. The fourth-order valence-electron chi connectivity index (χ4n) is 1.54. The van der Waals surface area contributed by atoms with Gasteiger partial charge in [-0.05, 0) is 36.8 Å². The molecule has 19 heavy (non-hydrogen) atoms. The second-order valence-electron chi connectivity index (χ2n) is 3.99. The van der Waals surface area contributed by atoms with Gasteiger partial charge >= 0.3 is 0 Å². The van der Waals surface area contributed by atoms with Crippen molar-refractivity contribution in [3.8, 4) is 0 Å². The monoisotopic (exact) mass is 304 g/mol. The Hall–Kier alpha value is -0.880. The van der Waals surface area contributed by atoms with Crippen molar-refractivity contribution in [1.82, 2.24) is 0 Å². The summed E-state index contributed by atoms with van der Waals surface area (Å²) in [6, 6.07) is 6.09. The molecule has 0 amide bonds. The third-order valence-electron chi connectivity index (χ3n) is 2.60. The van der Waals surface area contributed by atoms with Crippen LogP contribution in [0.25, 0.3) is 0 Å². The van der Waals surface area contributed by atoms with E-state index < -0.39 is 16.1 Å². The van der Waals surface area contributed by atoms with Gasteiger partial charge in [-0.15, -0.1) is 0 Å². The van der Waals surface area contributed by atoms with Crippen LogP contribution in [0, 0.1) is 0 Å². The first-order valence-corrected chi connectivity index (χ1v) is 7.64. The molecule has 1 rings (SSSR count). The van der Waals surface area contributed by atoms with E-state index in [0.717, 1.165) is 0 Å². The third kappa shape index (κ3) is 4.62. The van der Waals surface area contributed by atoms with Crippen LogP contribution in [0.1, 0.15) is 6.92 Å². The van der Waals surface area contributed by atoms with Crippen LogP contribution in [0.5, 0.6) is 0 Å². The van der Waals surface area contributed by atoms with E-state index in [0.29, 0.717) is 10.6 Å². The van der Waals surface area contributed by atoms with Crippen molar-refractivity contribution in [3.63, 3.8) is 0 Å². The van der Waals surface area contributed by atoms with Gasteiger partial charge in [0, 0.05) is 19.2 Å². The highest BCUT2D eigenvalue weighted by molar-refractivity contribution is 7.91. The van der Waals surface area contributed by atoms with E-state index in [1.807, 2.05) is 0 Å². The van der Waals surface area contributed by atoms with Crippen LogP contribution < -0.4 is 0 Å². The first-order chi connectivity index (χ1) is 8.90. The molecular weight excluding hydrogens is 288 g/mol. The predicted octanol–water partition coefficient (Wildman–Crippen LogP) is 2.68. The van der Waals surface area contributed by atoms with E-state index in [2.05, 4.69) is 0 Å². The summed E-state index contributed by atoms with van der Waals surface area (Å²) in [6.07, 6.45) is 1.06. The average Bonchev–Trinajstić information content (AvgIpc) is 2.38. The fraction of sp³-hybridized carbons (Fsp3) is 0.385. The van der Waals surface area contributed by atoms with Crippen molar-refractivity contribution in [2.75, 3.05) is 20.0 Å². The maximum Gasteiger partial charge on any atom is 0.181 e. The Balaban J connectivity index is 2.86. The second-order valence-corrected chi connectivity index (χ2v) is 6.46. The molecule has 0 fully saturated rings. The highest BCUT2D eigenvalue weighted by Gasteiger charge is 2.14. The Kier molecular flexibility index (Phi) is 6.00. The van der Waals surface area contributed by atoms with Crippen LogP contribution in [-0.4, -0.2) is 34.7 Å². The summed E-state index contributed by atoms with van der Waals surface area (Å²) >= 11 is 5.73. The number of methoxy groups -OCH3 is 2. The number of rotatable bonds is 6. The Morgan fingerprint density at radius 3 is 2.26 bits per heavy atom. The molecule has 0 radical (unpaired) electrons. The molecule has 0 heterocycles. The van der Waals surface area contributed by atoms with E-state index >= 15 is 0 Å². The lowest BCUT2D eigenvalue weighted by Gasteiger charge is -2.13. The minimum Gasteiger partial charge on any atom is -0.352 e. The predicted molar refractivity (Wildman–Crippen MR) is 75.1 cm³/mol. The minimum absolute atomic E-state index is 0.107. The van der Waals surface area contributed by atoms with Gasteiger partial charge in [0.25, 0.3) is 0 Å². The molecule has 0 aliphatic carbocycles. The maximum absolute atomic E-state index is 12.1. The molecular formula is C13H17ClO4S. The summed E-state index contributed by atoms with van der Waals surface area (Å²) in [7, 11) is -0.370. The smallest absolute Gasteiger partial charge is 0.181 e. The Morgan fingerprint density at radius 2 is 1.79 bits per heavy atom. The van der Waals surface area contributed by atoms with Crippen LogP contribution >= 0.6 is 11.6 Å². The van der Waals surface area contributed by atoms with Gasteiger partial charge in [-0.3, -0.25) is 0 Å². The maximum atomic E-state index is 12.1. The summed E-state index contributed by atoms with van der Waals surface area (Å²) in [5.74, 6) is -0.107. The average molecular weight is 305 g/mol. The van der Waals surface area contributed by atoms with Gasteiger partial charge in [-0.25, -0.2) is 8.42 Å². The quantitative estimate of drug-likeness (QED) is 0.599. The largest absolute Gasteiger partial charge is 0.352 e. The molecule has 0 bridgehead atoms. The van der Waals surface area contributed by atoms with Crippen LogP contribution in [0.15, 0.2) is 40.8 Å². The van der Waals surface area contributed by atoms with Crippen molar-refractivity contribution >= 4 is 21.4 Å². The van der Waals surface area contributed by atoms with Crippen molar-refractivity contribution in [2.24, 2.45) is 0 Å². The highest BCUT2D eigenvalue weighted by atomic mass is 35.5. The van der Waals surface area contributed by atoms with E-state index in [9.17, 15) is 8.42 Å². The summed E-state index contributed by atoms with van der Waals surface area (Å²) < 4.78 is 34.2. The van der Waals surface area contributed by atoms with Crippen molar-refractivity contribution in [3.05, 3.63) is 40.9 Å². The summed E-state index contributed by atoms with van der Waals surface area (Å²) in [5.41, 5.74) is 0.711. The standard InChI is InChI=1S/C13H17ClO4S/c1-10(13(17-2)18-3)8-9-19(15,16)12-6-4-11(14)5-7-12/h4-8,13H,9H2,1-3H3. The Labute approximate surface area is 118 Å². The fourth-order valence-corrected chi connectivity index (χ4v) is 2.90. The second kappa shape index (κ2) is 7.05. The number of sulfone groups is 1. The highest BCUT2D eigenvalue weighted by Crippen LogP contribution is 2.16. The molecule has 0 aliphatic heterocycles. The first-order valence-electron chi connectivity index (χ1n) is 5.61. The zero-order chi connectivity index (χ0) is 14.5. The van der Waals surface area contributed by atoms with Gasteiger partial charge in [-0.2, -0.15) is 0 Å². The number of ether oxygens (including phenoxy) is 2. The lowest BCUT2D eigenvalue weighted by molar-refractivity contribution is -0.0747. The van der Waals surface area contributed by atoms with E-state index in [1.165, 1.54) is 26.4 Å². The Morgan fingerprint density at radius 1 is 1.26 bits per heavy atom. The summed E-state index contributed by atoms with van der Waals surface area (Å²) in [6.45, 7) is 1.76.